The minimum absolute atomic E-state index is 0.0711. The summed E-state index contributed by atoms with van der Waals surface area (Å²) in [5, 5.41) is 8.48. The molecule has 17 heavy (non-hydrogen) atoms. The number of nitrogens with zero attached hydrogens (tertiary/aromatic N) is 2. The summed E-state index contributed by atoms with van der Waals surface area (Å²) < 4.78 is 25.9. The van der Waals surface area contributed by atoms with Gasteiger partial charge >= 0.3 is 0 Å². The SMILES string of the molecule is CCN(CCC#N)C(=O)C1CCC(F)(F)CC1. The van der Waals surface area contributed by atoms with Crippen molar-refractivity contribution in [1.29, 1.82) is 5.26 Å². The molecule has 0 aromatic heterocycles. The van der Waals surface area contributed by atoms with Crippen molar-refractivity contribution in [1.82, 2.24) is 4.90 Å². The Morgan fingerprint density at radius 1 is 1.47 bits per heavy atom. The first-order valence-corrected chi connectivity index (χ1v) is 6.03. The molecular formula is C12H18F2N2O. The maximum absolute atomic E-state index is 13.0. The first kappa shape index (κ1) is 13.9. The molecule has 0 aromatic carbocycles. The highest BCUT2D eigenvalue weighted by Crippen LogP contribution is 2.36. The fourth-order valence-electron chi connectivity index (χ4n) is 2.15. The van der Waals surface area contributed by atoms with Gasteiger partial charge in [0, 0.05) is 31.8 Å². The third-order valence-electron chi connectivity index (χ3n) is 3.25. The van der Waals surface area contributed by atoms with Gasteiger partial charge in [-0.15, -0.1) is 0 Å². The number of amides is 1. The van der Waals surface area contributed by atoms with E-state index in [-0.39, 0.29) is 37.5 Å². The van der Waals surface area contributed by atoms with Gasteiger partial charge in [-0.3, -0.25) is 4.79 Å². The Balaban J connectivity index is 2.49. The van der Waals surface area contributed by atoms with Gasteiger partial charge < -0.3 is 4.90 Å². The Labute approximate surface area is 100 Å². The third kappa shape index (κ3) is 3.95. The molecule has 5 heteroatoms. The number of carbonyl (C=O) groups is 1. The lowest BCUT2D eigenvalue weighted by atomic mass is 9.86. The number of nitriles is 1. The minimum atomic E-state index is -2.60. The zero-order chi connectivity index (χ0) is 12.9. The van der Waals surface area contributed by atoms with E-state index in [0.717, 1.165) is 0 Å². The van der Waals surface area contributed by atoms with E-state index in [1.807, 2.05) is 13.0 Å². The molecule has 0 saturated heterocycles. The molecule has 0 atom stereocenters. The average molecular weight is 244 g/mol. The van der Waals surface area contributed by atoms with Crippen molar-refractivity contribution in [3.05, 3.63) is 0 Å². The first-order chi connectivity index (χ1) is 8.00. The van der Waals surface area contributed by atoms with E-state index in [4.69, 9.17) is 5.26 Å². The number of halogens is 2. The summed E-state index contributed by atoms with van der Waals surface area (Å²) in [5.74, 6) is -2.95. The van der Waals surface area contributed by atoms with E-state index < -0.39 is 5.92 Å². The van der Waals surface area contributed by atoms with Gasteiger partial charge in [0.1, 0.15) is 0 Å². The van der Waals surface area contributed by atoms with Gasteiger partial charge in [0.25, 0.3) is 0 Å². The number of hydrogen-bond donors (Lipinski definition) is 0. The number of carbonyl (C=O) groups excluding carboxylic acids is 1. The molecule has 1 saturated carbocycles. The van der Waals surface area contributed by atoms with Gasteiger partial charge in [0.2, 0.25) is 11.8 Å². The van der Waals surface area contributed by atoms with Crippen molar-refractivity contribution in [2.75, 3.05) is 13.1 Å². The van der Waals surface area contributed by atoms with E-state index in [2.05, 4.69) is 0 Å². The predicted molar refractivity (Wildman–Crippen MR) is 59.4 cm³/mol. The van der Waals surface area contributed by atoms with Crippen LogP contribution in [0.3, 0.4) is 0 Å². The molecule has 0 bridgehead atoms. The second-order valence-corrected chi connectivity index (χ2v) is 4.46. The lowest BCUT2D eigenvalue weighted by Gasteiger charge is -2.31. The summed E-state index contributed by atoms with van der Waals surface area (Å²) in [6.07, 6.45) is 0.421. The molecule has 0 aromatic rings. The van der Waals surface area contributed by atoms with Gasteiger partial charge in [-0.25, -0.2) is 8.78 Å². The summed E-state index contributed by atoms with van der Waals surface area (Å²) in [5.41, 5.74) is 0. The van der Waals surface area contributed by atoms with E-state index in [1.54, 1.807) is 4.90 Å². The van der Waals surface area contributed by atoms with Crippen molar-refractivity contribution < 1.29 is 13.6 Å². The second-order valence-electron chi connectivity index (χ2n) is 4.46. The Hall–Kier alpha value is -1.18. The Morgan fingerprint density at radius 2 is 2.06 bits per heavy atom. The molecule has 0 unspecified atom stereocenters. The van der Waals surface area contributed by atoms with E-state index >= 15 is 0 Å². The van der Waals surface area contributed by atoms with Crippen molar-refractivity contribution in [2.45, 2.75) is 45.0 Å². The van der Waals surface area contributed by atoms with Gasteiger partial charge in [0.05, 0.1) is 12.5 Å². The first-order valence-electron chi connectivity index (χ1n) is 6.03. The van der Waals surface area contributed by atoms with Crippen LogP contribution in [0.4, 0.5) is 8.78 Å². The molecule has 3 nitrogen and oxygen atoms in total. The normalized spacial score (nSPS) is 19.6. The largest absolute Gasteiger partial charge is 0.342 e. The molecular weight excluding hydrogens is 226 g/mol. The average Bonchev–Trinajstić information content (AvgIpc) is 2.29. The van der Waals surface area contributed by atoms with Crippen LogP contribution in [0, 0.1) is 17.2 Å². The van der Waals surface area contributed by atoms with Crippen LogP contribution in [0.15, 0.2) is 0 Å². The van der Waals surface area contributed by atoms with Crippen molar-refractivity contribution in [3.63, 3.8) is 0 Å². The molecule has 0 N–H and O–H groups in total. The lowest BCUT2D eigenvalue weighted by molar-refractivity contribution is -0.139. The molecule has 1 rings (SSSR count). The number of rotatable bonds is 4. The minimum Gasteiger partial charge on any atom is -0.342 e. The lowest BCUT2D eigenvalue weighted by Crippen LogP contribution is -2.39. The fourth-order valence-corrected chi connectivity index (χ4v) is 2.15. The molecule has 0 radical (unpaired) electrons. The van der Waals surface area contributed by atoms with Gasteiger partial charge in [-0.05, 0) is 19.8 Å². The summed E-state index contributed by atoms with van der Waals surface area (Å²) >= 11 is 0. The van der Waals surface area contributed by atoms with Crippen LogP contribution in [0.5, 0.6) is 0 Å². The van der Waals surface area contributed by atoms with Crippen molar-refractivity contribution in [3.8, 4) is 6.07 Å². The number of hydrogen-bond acceptors (Lipinski definition) is 2. The highest BCUT2D eigenvalue weighted by atomic mass is 19.3. The summed E-state index contributed by atoms with van der Waals surface area (Å²) in [7, 11) is 0. The van der Waals surface area contributed by atoms with Crippen LogP contribution in [-0.4, -0.2) is 29.8 Å². The molecule has 0 aliphatic heterocycles. The van der Waals surface area contributed by atoms with Gasteiger partial charge in [-0.2, -0.15) is 5.26 Å². The molecule has 96 valence electrons. The quantitative estimate of drug-likeness (QED) is 0.763. The van der Waals surface area contributed by atoms with Gasteiger partial charge in [-0.1, -0.05) is 0 Å². The summed E-state index contributed by atoms with van der Waals surface area (Å²) in [6.45, 7) is 2.78. The van der Waals surface area contributed by atoms with E-state index in [9.17, 15) is 13.6 Å². The fraction of sp³-hybridized carbons (Fsp3) is 0.833. The second kappa shape index (κ2) is 5.95. The van der Waals surface area contributed by atoms with Crippen LogP contribution < -0.4 is 0 Å². The van der Waals surface area contributed by atoms with Crippen LogP contribution in [0.2, 0.25) is 0 Å². The highest BCUT2D eigenvalue weighted by molar-refractivity contribution is 5.78. The van der Waals surface area contributed by atoms with Crippen LogP contribution in [0.25, 0.3) is 0 Å². The molecule has 1 fully saturated rings. The highest BCUT2D eigenvalue weighted by Gasteiger charge is 2.38. The van der Waals surface area contributed by atoms with Crippen molar-refractivity contribution >= 4 is 5.91 Å². The monoisotopic (exact) mass is 244 g/mol. The molecule has 0 spiro atoms. The summed E-state index contributed by atoms with van der Waals surface area (Å²) in [6, 6.07) is 1.99. The standard InChI is InChI=1S/C12H18F2N2O/c1-2-16(9-3-8-15)11(17)10-4-6-12(13,14)7-5-10/h10H,2-7,9H2,1H3. The smallest absolute Gasteiger partial charge is 0.248 e. The Morgan fingerprint density at radius 3 is 2.53 bits per heavy atom. The summed E-state index contributed by atoms with van der Waals surface area (Å²) in [4.78, 5) is 13.6. The Kier molecular flexibility index (Phi) is 4.86. The topological polar surface area (TPSA) is 44.1 Å². The predicted octanol–water partition coefficient (Wildman–Crippen LogP) is 2.57. The Bertz CT molecular complexity index is 302. The molecule has 1 aliphatic rings. The van der Waals surface area contributed by atoms with Crippen LogP contribution in [-0.2, 0) is 4.79 Å². The van der Waals surface area contributed by atoms with E-state index in [1.165, 1.54) is 0 Å². The zero-order valence-corrected chi connectivity index (χ0v) is 10.1. The van der Waals surface area contributed by atoms with Crippen molar-refractivity contribution in [2.24, 2.45) is 5.92 Å². The van der Waals surface area contributed by atoms with Gasteiger partial charge in [0.15, 0.2) is 0 Å². The molecule has 0 heterocycles. The number of alkyl halides is 2. The van der Waals surface area contributed by atoms with E-state index in [0.29, 0.717) is 19.5 Å². The molecule has 1 aliphatic carbocycles. The maximum atomic E-state index is 13.0. The zero-order valence-electron chi connectivity index (χ0n) is 10.1. The third-order valence-corrected chi connectivity index (χ3v) is 3.25. The van der Waals surface area contributed by atoms with Crippen LogP contribution >= 0.6 is 0 Å². The molecule has 1 amide bonds. The maximum Gasteiger partial charge on any atom is 0.248 e. The van der Waals surface area contributed by atoms with Crippen LogP contribution in [0.1, 0.15) is 39.0 Å².